The molecule has 0 aliphatic heterocycles. The molecule has 0 saturated carbocycles. The quantitative estimate of drug-likeness (QED) is 0.702. The van der Waals surface area contributed by atoms with E-state index in [9.17, 15) is 4.79 Å². The predicted octanol–water partition coefficient (Wildman–Crippen LogP) is 4.45. The molecule has 0 radical (unpaired) electrons. The predicted molar refractivity (Wildman–Crippen MR) is 107 cm³/mol. The first-order valence-electron chi connectivity index (χ1n) is 9.68. The van der Waals surface area contributed by atoms with Gasteiger partial charge in [-0.05, 0) is 56.7 Å². The summed E-state index contributed by atoms with van der Waals surface area (Å²) in [5, 5.41) is 4.66. The lowest BCUT2D eigenvalue weighted by Crippen LogP contribution is -2.30. The molecule has 2 aromatic rings. The fraction of sp³-hybridized carbons (Fsp3) is 0.545. The van der Waals surface area contributed by atoms with Crippen LogP contribution in [0.1, 0.15) is 55.3 Å². The van der Waals surface area contributed by atoms with Gasteiger partial charge >= 0.3 is 0 Å². The Morgan fingerprint density at radius 1 is 1.19 bits per heavy atom. The van der Waals surface area contributed by atoms with Crippen LogP contribution >= 0.6 is 0 Å². The largest absolute Gasteiger partial charge is 0.339 e. The summed E-state index contributed by atoms with van der Waals surface area (Å²) in [7, 11) is 0. The van der Waals surface area contributed by atoms with Gasteiger partial charge in [0.05, 0.1) is 5.69 Å². The van der Waals surface area contributed by atoms with E-state index in [4.69, 9.17) is 0 Å². The number of carbonyl (C=O) groups excluding carboxylic acids is 1. The van der Waals surface area contributed by atoms with Crippen molar-refractivity contribution in [1.82, 2.24) is 14.7 Å². The molecule has 0 unspecified atom stereocenters. The van der Waals surface area contributed by atoms with Crippen LogP contribution in [0.3, 0.4) is 0 Å². The average molecular weight is 356 g/mol. The molecule has 0 bridgehead atoms. The lowest BCUT2D eigenvalue weighted by Gasteiger charge is -2.22. The van der Waals surface area contributed by atoms with E-state index in [1.54, 1.807) is 0 Å². The Hall–Kier alpha value is -2.10. The molecular formula is C22H33N3O. The molecule has 1 amide bonds. The van der Waals surface area contributed by atoms with Crippen LogP contribution in [0.5, 0.6) is 0 Å². The number of aryl methyl sites for hydroxylation is 2. The average Bonchev–Trinajstić information content (AvgIpc) is 2.85. The smallest absolute Gasteiger partial charge is 0.223 e. The number of benzene rings is 1. The van der Waals surface area contributed by atoms with E-state index in [1.807, 2.05) is 24.0 Å². The number of carbonyl (C=O) groups is 1. The zero-order valence-corrected chi connectivity index (χ0v) is 17.2. The van der Waals surface area contributed by atoms with E-state index in [1.165, 1.54) is 22.4 Å². The molecule has 142 valence electrons. The number of amides is 1. The maximum atomic E-state index is 12.8. The number of rotatable bonds is 8. The molecule has 0 saturated heterocycles. The summed E-state index contributed by atoms with van der Waals surface area (Å²) in [4.78, 5) is 14.7. The van der Waals surface area contributed by atoms with Gasteiger partial charge in [-0.1, -0.05) is 38.1 Å². The molecule has 0 aliphatic rings. The summed E-state index contributed by atoms with van der Waals surface area (Å²) in [6.45, 7) is 15.1. The van der Waals surface area contributed by atoms with Crippen molar-refractivity contribution in [2.45, 2.75) is 67.5 Å². The summed E-state index contributed by atoms with van der Waals surface area (Å²) in [6.07, 6.45) is 1.30. The Bertz CT molecular complexity index is 746. The van der Waals surface area contributed by atoms with Gasteiger partial charge in [0.15, 0.2) is 0 Å². The highest BCUT2D eigenvalue weighted by atomic mass is 16.2. The summed E-state index contributed by atoms with van der Waals surface area (Å²) in [5.41, 5.74) is 5.94. The molecule has 4 nitrogen and oxygen atoms in total. The van der Waals surface area contributed by atoms with Gasteiger partial charge in [0.1, 0.15) is 0 Å². The minimum atomic E-state index is 0.214. The van der Waals surface area contributed by atoms with Crippen molar-refractivity contribution in [2.24, 2.45) is 5.92 Å². The van der Waals surface area contributed by atoms with Crippen LogP contribution in [-0.4, -0.2) is 27.1 Å². The maximum absolute atomic E-state index is 12.8. The van der Waals surface area contributed by atoms with Crippen LogP contribution in [0.4, 0.5) is 0 Å². The Labute approximate surface area is 158 Å². The van der Waals surface area contributed by atoms with Crippen LogP contribution in [0.15, 0.2) is 24.3 Å². The summed E-state index contributed by atoms with van der Waals surface area (Å²) in [5.74, 6) is 0.776. The molecule has 0 atom stereocenters. The van der Waals surface area contributed by atoms with Crippen molar-refractivity contribution < 1.29 is 4.79 Å². The third-order valence-electron chi connectivity index (χ3n) is 5.02. The molecule has 0 aliphatic carbocycles. The van der Waals surface area contributed by atoms with Gasteiger partial charge < -0.3 is 4.90 Å². The standard InChI is InChI=1S/C22H33N3O/c1-7-24(15-20-11-9-8-10-17(20)4)22(26)13-12-21-18(5)23-25(19(21)6)14-16(2)3/h8-11,16H,7,12-15H2,1-6H3. The first-order chi connectivity index (χ1) is 12.3. The number of aromatic nitrogens is 2. The normalized spacial score (nSPS) is 11.2. The highest BCUT2D eigenvalue weighted by Crippen LogP contribution is 2.18. The van der Waals surface area contributed by atoms with Crippen LogP contribution in [0, 0.1) is 26.7 Å². The second-order valence-corrected chi connectivity index (χ2v) is 7.56. The monoisotopic (exact) mass is 355 g/mol. The lowest BCUT2D eigenvalue weighted by atomic mass is 10.1. The number of nitrogens with zero attached hydrogens (tertiary/aromatic N) is 3. The third kappa shape index (κ3) is 4.96. The van der Waals surface area contributed by atoms with E-state index in [2.05, 4.69) is 56.5 Å². The van der Waals surface area contributed by atoms with Crippen LogP contribution in [-0.2, 0) is 24.3 Å². The molecule has 0 N–H and O–H groups in total. The fourth-order valence-corrected chi connectivity index (χ4v) is 3.38. The van der Waals surface area contributed by atoms with E-state index in [0.717, 1.165) is 25.2 Å². The molecule has 1 aromatic heterocycles. The van der Waals surface area contributed by atoms with Crippen molar-refractivity contribution in [1.29, 1.82) is 0 Å². The zero-order chi connectivity index (χ0) is 19.3. The van der Waals surface area contributed by atoms with Crippen LogP contribution < -0.4 is 0 Å². The molecule has 0 spiro atoms. The second-order valence-electron chi connectivity index (χ2n) is 7.56. The first-order valence-corrected chi connectivity index (χ1v) is 9.68. The zero-order valence-electron chi connectivity index (χ0n) is 17.2. The van der Waals surface area contributed by atoms with Crippen LogP contribution in [0.2, 0.25) is 0 Å². The van der Waals surface area contributed by atoms with E-state index >= 15 is 0 Å². The molecule has 0 fully saturated rings. The summed E-state index contributed by atoms with van der Waals surface area (Å²) in [6, 6.07) is 8.28. The van der Waals surface area contributed by atoms with Crippen molar-refractivity contribution in [2.75, 3.05) is 6.54 Å². The van der Waals surface area contributed by atoms with Gasteiger partial charge in [0, 0.05) is 31.7 Å². The molecule has 1 aromatic carbocycles. The Morgan fingerprint density at radius 2 is 1.88 bits per heavy atom. The minimum Gasteiger partial charge on any atom is -0.339 e. The summed E-state index contributed by atoms with van der Waals surface area (Å²) < 4.78 is 2.09. The Morgan fingerprint density at radius 3 is 2.50 bits per heavy atom. The van der Waals surface area contributed by atoms with Crippen molar-refractivity contribution in [3.05, 3.63) is 52.3 Å². The number of hydrogen-bond acceptors (Lipinski definition) is 2. The van der Waals surface area contributed by atoms with Gasteiger partial charge in [-0.15, -0.1) is 0 Å². The lowest BCUT2D eigenvalue weighted by molar-refractivity contribution is -0.131. The Kier molecular flexibility index (Phi) is 7.01. The first kappa shape index (κ1) is 20.2. The Balaban J connectivity index is 2.03. The highest BCUT2D eigenvalue weighted by molar-refractivity contribution is 5.76. The second kappa shape index (κ2) is 9.02. The number of hydrogen-bond donors (Lipinski definition) is 0. The molecular weight excluding hydrogens is 322 g/mol. The summed E-state index contributed by atoms with van der Waals surface area (Å²) >= 11 is 0. The maximum Gasteiger partial charge on any atom is 0.223 e. The molecule has 4 heteroatoms. The van der Waals surface area contributed by atoms with Gasteiger partial charge in [-0.2, -0.15) is 5.10 Å². The SMILES string of the molecule is CCN(Cc1ccccc1C)C(=O)CCc1c(C)nn(CC(C)C)c1C. The minimum absolute atomic E-state index is 0.214. The molecule has 2 rings (SSSR count). The van der Waals surface area contributed by atoms with E-state index in [-0.39, 0.29) is 5.91 Å². The van der Waals surface area contributed by atoms with Gasteiger partial charge in [-0.3, -0.25) is 9.48 Å². The molecule has 1 heterocycles. The molecule has 26 heavy (non-hydrogen) atoms. The fourth-order valence-electron chi connectivity index (χ4n) is 3.38. The van der Waals surface area contributed by atoms with Gasteiger partial charge in [0.2, 0.25) is 5.91 Å². The van der Waals surface area contributed by atoms with Crippen molar-refractivity contribution >= 4 is 5.91 Å². The van der Waals surface area contributed by atoms with Gasteiger partial charge in [0.25, 0.3) is 0 Å². The van der Waals surface area contributed by atoms with Crippen LogP contribution in [0.25, 0.3) is 0 Å². The van der Waals surface area contributed by atoms with E-state index in [0.29, 0.717) is 18.9 Å². The van der Waals surface area contributed by atoms with E-state index < -0.39 is 0 Å². The van der Waals surface area contributed by atoms with Gasteiger partial charge in [-0.25, -0.2) is 0 Å². The topological polar surface area (TPSA) is 38.1 Å². The highest BCUT2D eigenvalue weighted by Gasteiger charge is 2.17. The third-order valence-corrected chi connectivity index (χ3v) is 5.02. The van der Waals surface area contributed by atoms with Crippen molar-refractivity contribution in [3.63, 3.8) is 0 Å². The van der Waals surface area contributed by atoms with Crippen molar-refractivity contribution in [3.8, 4) is 0 Å².